The largest absolute Gasteiger partial charge is 0.350 e. The maximum atomic E-state index is 12.7. The molecule has 1 aliphatic heterocycles. The highest BCUT2D eigenvalue weighted by molar-refractivity contribution is 7.89. The molecule has 1 saturated heterocycles. The summed E-state index contributed by atoms with van der Waals surface area (Å²) in [6.45, 7) is 2.38. The van der Waals surface area contributed by atoms with Crippen LogP contribution in [0.2, 0.25) is 10.0 Å². The Hall–Kier alpha value is -2.13. The van der Waals surface area contributed by atoms with Crippen LogP contribution in [0.1, 0.15) is 25.3 Å². The zero-order valence-corrected chi connectivity index (χ0v) is 19.9. The quantitative estimate of drug-likeness (QED) is 0.613. The van der Waals surface area contributed by atoms with Crippen molar-refractivity contribution in [2.45, 2.75) is 37.2 Å². The lowest BCUT2D eigenvalue weighted by atomic mass is 9.97. The normalized spacial score (nSPS) is 16.3. The third kappa shape index (κ3) is 6.01. The van der Waals surface area contributed by atoms with Crippen molar-refractivity contribution in [3.63, 3.8) is 0 Å². The van der Waals surface area contributed by atoms with Gasteiger partial charge in [-0.2, -0.15) is 4.31 Å². The van der Waals surface area contributed by atoms with Crippen LogP contribution < -0.4 is 10.6 Å². The third-order valence-corrected chi connectivity index (χ3v) is 8.06. The molecule has 1 heterocycles. The summed E-state index contributed by atoms with van der Waals surface area (Å²) in [6, 6.07) is 12.6. The molecule has 2 amide bonds. The van der Waals surface area contributed by atoms with E-state index in [9.17, 15) is 18.0 Å². The Kier molecular flexibility index (Phi) is 8.16. The molecule has 3 rings (SSSR count). The molecule has 0 radical (unpaired) electrons. The molecule has 0 saturated carbocycles. The molecule has 0 unspecified atom stereocenters. The Morgan fingerprint density at radius 3 is 2.34 bits per heavy atom. The lowest BCUT2D eigenvalue weighted by molar-refractivity contribution is -0.131. The first-order valence-electron chi connectivity index (χ1n) is 10.3. The maximum absolute atomic E-state index is 12.7. The number of carbonyl (C=O) groups excluding carboxylic acids is 2. The van der Waals surface area contributed by atoms with Crippen molar-refractivity contribution >= 4 is 45.0 Å². The molecular weight excluding hydrogens is 473 g/mol. The van der Waals surface area contributed by atoms with Crippen molar-refractivity contribution in [2.24, 2.45) is 5.92 Å². The Balaban J connectivity index is 1.47. The van der Waals surface area contributed by atoms with Gasteiger partial charge in [0.05, 0.1) is 14.9 Å². The van der Waals surface area contributed by atoms with E-state index < -0.39 is 16.1 Å². The van der Waals surface area contributed by atoms with Gasteiger partial charge in [0, 0.05) is 25.6 Å². The first kappa shape index (κ1) is 24.5. The van der Waals surface area contributed by atoms with Crippen LogP contribution in [0.4, 0.5) is 0 Å². The van der Waals surface area contributed by atoms with E-state index in [0.29, 0.717) is 22.9 Å². The molecule has 0 aliphatic carbocycles. The summed E-state index contributed by atoms with van der Waals surface area (Å²) < 4.78 is 26.8. The van der Waals surface area contributed by atoms with Crippen molar-refractivity contribution in [1.29, 1.82) is 0 Å². The van der Waals surface area contributed by atoms with Gasteiger partial charge in [0.2, 0.25) is 21.8 Å². The van der Waals surface area contributed by atoms with Gasteiger partial charge in [-0.05, 0) is 49.6 Å². The Bertz CT molecular complexity index is 1070. The smallest absolute Gasteiger partial charge is 0.243 e. The number of hydrogen-bond donors (Lipinski definition) is 2. The second kappa shape index (κ2) is 10.7. The number of sulfonamides is 1. The zero-order valence-electron chi connectivity index (χ0n) is 17.6. The topological polar surface area (TPSA) is 95.6 Å². The predicted molar refractivity (Wildman–Crippen MR) is 124 cm³/mol. The Morgan fingerprint density at radius 2 is 1.72 bits per heavy atom. The number of halogens is 2. The summed E-state index contributed by atoms with van der Waals surface area (Å²) in [6.07, 6.45) is 0.797. The minimum absolute atomic E-state index is 0.246. The van der Waals surface area contributed by atoms with Crippen LogP contribution in [0.25, 0.3) is 0 Å². The first-order valence-corrected chi connectivity index (χ1v) is 12.5. The van der Waals surface area contributed by atoms with Gasteiger partial charge in [-0.15, -0.1) is 0 Å². The average Bonchev–Trinajstić information content (AvgIpc) is 2.80. The van der Waals surface area contributed by atoms with E-state index in [1.165, 1.54) is 4.31 Å². The molecule has 0 spiro atoms. The van der Waals surface area contributed by atoms with Crippen LogP contribution in [0.5, 0.6) is 0 Å². The number of nitrogens with zero attached hydrogens (tertiary/aromatic N) is 1. The molecule has 1 fully saturated rings. The minimum atomic E-state index is -3.57. The zero-order chi connectivity index (χ0) is 23.3. The third-order valence-electron chi connectivity index (χ3n) is 5.41. The van der Waals surface area contributed by atoms with Crippen LogP contribution in [0.3, 0.4) is 0 Å². The number of piperidine rings is 1. The monoisotopic (exact) mass is 497 g/mol. The summed E-state index contributed by atoms with van der Waals surface area (Å²) in [5, 5.41) is 6.32. The van der Waals surface area contributed by atoms with Crippen LogP contribution in [-0.2, 0) is 26.2 Å². The van der Waals surface area contributed by atoms with E-state index in [4.69, 9.17) is 23.2 Å². The van der Waals surface area contributed by atoms with Crippen molar-refractivity contribution in [3.05, 3.63) is 64.1 Å². The van der Waals surface area contributed by atoms with Crippen LogP contribution in [0, 0.1) is 5.92 Å². The molecule has 2 N–H and O–H groups in total. The summed E-state index contributed by atoms with van der Waals surface area (Å²) in [7, 11) is -3.57. The molecule has 32 heavy (non-hydrogen) atoms. The number of carbonyl (C=O) groups is 2. The van der Waals surface area contributed by atoms with Gasteiger partial charge in [0.25, 0.3) is 0 Å². The minimum Gasteiger partial charge on any atom is -0.350 e. The second-order valence-electron chi connectivity index (χ2n) is 7.69. The van der Waals surface area contributed by atoms with Crippen molar-refractivity contribution in [3.8, 4) is 0 Å². The van der Waals surface area contributed by atoms with Crippen LogP contribution in [-0.4, -0.2) is 43.7 Å². The summed E-state index contributed by atoms with van der Waals surface area (Å²) >= 11 is 11.9. The van der Waals surface area contributed by atoms with Crippen LogP contribution >= 0.6 is 23.2 Å². The molecule has 0 aromatic heterocycles. The molecule has 2 aromatic rings. The van der Waals surface area contributed by atoms with Gasteiger partial charge in [-0.1, -0.05) is 47.5 Å². The summed E-state index contributed by atoms with van der Waals surface area (Å²) in [5.74, 6) is -0.921. The molecule has 172 valence electrons. The molecule has 7 nitrogen and oxygen atoms in total. The highest BCUT2D eigenvalue weighted by Crippen LogP contribution is 2.24. The fourth-order valence-electron chi connectivity index (χ4n) is 3.49. The number of amides is 2. The van der Waals surface area contributed by atoms with Crippen LogP contribution in [0.15, 0.2) is 53.4 Å². The lowest BCUT2D eigenvalue weighted by Crippen LogP contribution is -2.49. The van der Waals surface area contributed by atoms with Gasteiger partial charge in [-0.25, -0.2) is 8.42 Å². The van der Waals surface area contributed by atoms with Crippen molar-refractivity contribution in [2.75, 3.05) is 13.1 Å². The van der Waals surface area contributed by atoms with Crippen molar-refractivity contribution < 1.29 is 18.0 Å². The van der Waals surface area contributed by atoms with E-state index in [-0.39, 0.29) is 42.3 Å². The molecule has 1 aliphatic rings. The van der Waals surface area contributed by atoms with E-state index in [1.807, 2.05) is 0 Å². The number of rotatable bonds is 7. The average molecular weight is 498 g/mol. The van der Waals surface area contributed by atoms with E-state index in [1.54, 1.807) is 55.5 Å². The Morgan fingerprint density at radius 1 is 1.06 bits per heavy atom. The number of hydrogen-bond acceptors (Lipinski definition) is 4. The predicted octanol–water partition coefficient (Wildman–Crippen LogP) is 3.22. The molecule has 1 atom stereocenters. The Labute approximate surface area is 198 Å². The van der Waals surface area contributed by atoms with E-state index in [2.05, 4.69) is 10.6 Å². The molecule has 0 bridgehead atoms. The number of nitrogens with one attached hydrogen (secondary N) is 2. The fraction of sp³-hybridized carbons (Fsp3) is 0.364. The lowest BCUT2D eigenvalue weighted by Gasteiger charge is -2.31. The van der Waals surface area contributed by atoms with Gasteiger partial charge in [-0.3, -0.25) is 9.59 Å². The molecule has 10 heteroatoms. The summed E-state index contributed by atoms with van der Waals surface area (Å²) in [4.78, 5) is 25.2. The molecular formula is C22H25Cl2N3O4S. The van der Waals surface area contributed by atoms with Crippen molar-refractivity contribution in [1.82, 2.24) is 14.9 Å². The van der Waals surface area contributed by atoms with E-state index >= 15 is 0 Å². The second-order valence-corrected chi connectivity index (χ2v) is 10.4. The van der Waals surface area contributed by atoms with E-state index in [0.717, 1.165) is 5.56 Å². The summed E-state index contributed by atoms with van der Waals surface area (Å²) in [5.41, 5.74) is 0.790. The highest BCUT2D eigenvalue weighted by Gasteiger charge is 2.32. The SMILES string of the molecule is C[C@H](NC(=O)C1CCN(S(=O)(=O)c2ccccc2)CC1)C(=O)NCc1ccc(Cl)c(Cl)c1. The standard InChI is InChI=1S/C22H25Cl2N3O4S/c1-15(21(28)25-14-16-7-8-19(23)20(24)13-16)26-22(29)17-9-11-27(12-10-17)32(30,31)18-5-3-2-4-6-18/h2-8,13,15,17H,9-12,14H2,1H3,(H,25,28)(H,26,29)/t15-/m0/s1. The fourth-order valence-corrected chi connectivity index (χ4v) is 5.30. The first-order chi connectivity index (χ1) is 15.2. The van der Waals surface area contributed by atoms with Gasteiger partial charge in [0.1, 0.15) is 6.04 Å². The van der Waals surface area contributed by atoms with Gasteiger partial charge >= 0.3 is 0 Å². The highest BCUT2D eigenvalue weighted by atomic mass is 35.5. The van der Waals surface area contributed by atoms with Gasteiger partial charge < -0.3 is 10.6 Å². The molecule has 2 aromatic carbocycles. The van der Waals surface area contributed by atoms with Gasteiger partial charge in [0.15, 0.2) is 0 Å². The maximum Gasteiger partial charge on any atom is 0.243 e. The number of benzene rings is 2.